The van der Waals surface area contributed by atoms with Crippen LogP contribution in [0.15, 0.2) is 29.0 Å². The molecule has 0 amide bonds. The van der Waals surface area contributed by atoms with Gasteiger partial charge in [0.15, 0.2) is 0 Å². The first kappa shape index (κ1) is 7.95. The molecule has 2 N–H and O–H groups in total. The van der Waals surface area contributed by atoms with Crippen molar-refractivity contribution in [1.29, 1.82) is 0 Å². The molecule has 0 saturated carbocycles. The summed E-state index contributed by atoms with van der Waals surface area (Å²) in [5.74, 6) is 0. The minimum absolute atomic E-state index is 0.701. The van der Waals surface area contributed by atoms with Gasteiger partial charge in [-0.25, -0.2) is 0 Å². The average molecular weight is 124 g/mol. The van der Waals surface area contributed by atoms with Crippen LogP contribution in [0, 0.1) is 0 Å². The summed E-state index contributed by atoms with van der Waals surface area (Å²) in [5.41, 5.74) is 6.92. The number of nitrogens with zero attached hydrogens (tertiary/aromatic N) is 1. The van der Waals surface area contributed by atoms with E-state index < -0.39 is 0 Å². The minimum atomic E-state index is 0.701. The minimum Gasteiger partial charge on any atom is -0.401 e. The summed E-state index contributed by atoms with van der Waals surface area (Å²) in [7, 11) is 0. The molecule has 9 heavy (non-hydrogen) atoms. The first-order valence-corrected chi connectivity index (χ1v) is 2.74. The van der Waals surface area contributed by atoms with E-state index in [-0.39, 0.29) is 0 Å². The third kappa shape index (κ3) is 6.95. The summed E-state index contributed by atoms with van der Waals surface area (Å²) in [6.07, 6.45) is 3.26. The van der Waals surface area contributed by atoms with E-state index in [1.54, 1.807) is 19.3 Å². The molecule has 0 aromatic carbocycles. The quantitative estimate of drug-likeness (QED) is 0.556. The maximum atomic E-state index is 5.30. The molecule has 0 rings (SSSR count). The van der Waals surface area contributed by atoms with Gasteiger partial charge in [0.2, 0.25) is 0 Å². The highest BCUT2D eigenvalue weighted by atomic mass is 14.7. The van der Waals surface area contributed by atoms with E-state index in [0.717, 1.165) is 5.57 Å². The largest absolute Gasteiger partial charge is 0.401 e. The Morgan fingerprint density at radius 2 is 2.11 bits per heavy atom. The van der Waals surface area contributed by atoms with E-state index in [4.69, 9.17) is 5.73 Å². The van der Waals surface area contributed by atoms with Crippen molar-refractivity contribution in [2.75, 3.05) is 0 Å². The van der Waals surface area contributed by atoms with Crippen LogP contribution in [0.1, 0.15) is 13.8 Å². The number of hydrogen-bond acceptors (Lipinski definition) is 2. The molecular formula is C7H12N2. The maximum Gasteiger partial charge on any atom is 0.0452 e. The van der Waals surface area contributed by atoms with Crippen LogP contribution in [0.4, 0.5) is 0 Å². The SMILES string of the molecule is C=C(C)C=N/C=C(/C)N. The molecule has 2 heteroatoms. The zero-order valence-corrected chi connectivity index (χ0v) is 5.89. The summed E-state index contributed by atoms with van der Waals surface area (Å²) in [4.78, 5) is 3.86. The summed E-state index contributed by atoms with van der Waals surface area (Å²) < 4.78 is 0. The molecule has 0 aromatic rings. The van der Waals surface area contributed by atoms with Crippen molar-refractivity contribution in [3.63, 3.8) is 0 Å². The van der Waals surface area contributed by atoms with E-state index in [2.05, 4.69) is 11.6 Å². The summed E-state index contributed by atoms with van der Waals surface area (Å²) in [6, 6.07) is 0. The number of aliphatic imine (C=N–C) groups is 1. The number of rotatable bonds is 2. The number of hydrogen-bond donors (Lipinski definition) is 1. The van der Waals surface area contributed by atoms with Gasteiger partial charge in [-0.2, -0.15) is 0 Å². The first-order chi connectivity index (χ1) is 4.13. The van der Waals surface area contributed by atoms with E-state index >= 15 is 0 Å². The van der Waals surface area contributed by atoms with Crippen molar-refractivity contribution < 1.29 is 0 Å². The Balaban J connectivity index is 3.74. The van der Waals surface area contributed by atoms with Crippen molar-refractivity contribution >= 4 is 6.21 Å². The van der Waals surface area contributed by atoms with Crippen LogP contribution in [0.2, 0.25) is 0 Å². The van der Waals surface area contributed by atoms with Crippen molar-refractivity contribution in [3.8, 4) is 0 Å². The van der Waals surface area contributed by atoms with Crippen LogP contribution < -0.4 is 5.73 Å². The molecular weight excluding hydrogens is 112 g/mol. The number of allylic oxidation sites excluding steroid dienone is 2. The highest BCUT2D eigenvalue weighted by molar-refractivity contribution is 5.77. The molecule has 0 aliphatic carbocycles. The van der Waals surface area contributed by atoms with Crippen LogP contribution >= 0.6 is 0 Å². The Labute approximate surface area is 55.8 Å². The fraction of sp³-hybridized carbons (Fsp3) is 0.286. The second-order valence-electron chi connectivity index (χ2n) is 2.00. The van der Waals surface area contributed by atoms with Gasteiger partial charge < -0.3 is 5.73 Å². The van der Waals surface area contributed by atoms with Crippen LogP contribution in [0.5, 0.6) is 0 Å². The lowest BCUT2D eigenvalue weighted by molar-refractivity contribution is 1.28. The van der Waals surface area contributed by atoms with Gasteiger partial charge >= 0.3 is 0 Å². The monoisotopic (exact) mass is 124 g/mol. The van der Waals surface area contributed by atoms with E-state index in [1.165, 1.54) is 0 Å². The highest BCUT2D eigenvalue weighted by Crippen LogP contribution is 1.83. The predicted octanol–water partition coefficient (Wildman–Crippen LogP) is 1.45. The molecule has 0 aliphatic rings. The summed E-state index contributed by atoms with van der Waals surface area (Å²) >= 11 is 0. The van der Waals surface area contributed by atoms with Crippen LogP contribution in [0.25, 0.3) is 0 Å². The van der Waals surface area contributed by atoms with Crippen molar-refractivity contribution in [3.05, 3.63) is 24.0 Å². The van der Waals surface area contributed by atoms with Crippen molar-refractivity contribution in [2.24, 2.45) is 10.7 Å². The molecule has 0 spiro atoms. The van der Waals surface area contributed by atoms with Gasteiger partial charge in [-0.1, -0.05) is 6.58 Å². The lowest BCUT2D eigenvalue weighted by Gasteiger charge is -1.83. The highest BCUT2D eigenvalue weighted by Gasteiger charge is 1.72. The second-order valence-corrected chi connectivity index (χ2v) is 2.00. The molecule has 2 nitrogen and oxygen atoms in total. The maximum absolute atomic E-state index is 5.30. The van der Waals surface area contributed by atoms with Gasteiger partial charge in [0.25, 0.3) is 0 Å². The Morgan fingerprint density at radius 1 is 1.56 bits per heavy atom. The Morgan fingerprint density at radius 3 is 2.44 bits per heavy atom. The van der Waals surface area contributed by atoms with Gasteiger partial charge in [0, 0.05) is 18.1 Å². The molecule has 0 heterocycles. The first-order valence-electron chi connectivity index (χ1n) is 2.74. The molecule has 0 aromatic heterocycles. The van der Waals surface area contributed by atoms with Gasteiger partial charge in [-0.3, -0.25) is 4.99 Å². The lowest BCUT2D eigenvalue weighted by Crippen LogP contribution is -1.88. The predicted molar refractivity (Wildman–Crippen MR) is 41.3 cm³/mol. The molecule has 0 radical (unpaired) electrons. The molecule has 0 bridgehead atoms. The lowest BCUT2D eigenvalue weighted by atomic mass is 10.4. The average Bonchev–Trinajstić information content (AvgIpc) is 1.63. The van der Waals surface area contributed by atoms with E-state index in [9.17, 15) is 0 Å². The third-order valence-electron chi connectivity index (χ3n) is 0.573. The zero-order chi connectivity index (χ0) is 7.28. The van der Waals surface area contributed by atoms with Gasteiger partial charge in [-0.15, -0.1) is 0 Å². The standard InChI is InChI=1S/C7H12N2/c1-6(2)4-9-5-7(3)8/h4-5H,1,8H2,2-3H3/b7-5-,9-4?. The molecule has 0 fully saturated rings. The third-order valence-corrected chi connectivity index (χ3v) is 0.573. The second kappa shape index (κ2) is 3.89. The van der Waals surface area contributed by atoms with Crippen molar-refractivity contribution in [2.45, 2.75) is 13.8 Å². The Bertz CT molecular complexity index is 150. The van der Waals surface area contributed by atoms with E-state index in [0.29, 0.717) is 5.70 Å². The smallest absolute Gasteiger partial charge is 0.0452 e. The summed E-state index contributed by atoms with van der Waals surface area (Å²) in [6.45, 7) is 7.30. The molecule has 0 atom stereocenters. The van der Waals surface area contributed by atoms with Crippen LogP contribution in [0.3, 0.4) is 0 Å². The van der Waals surface area contributed by atoms with Gasteiger partial charge in [0.05, 0.1) is 0 Å². The zero-order valence-electron chi connectivity index (χ0n) is 5.89. The molecule has 0 saturated heterocycles. The van der Waals surface area contributed by atoms with Gasteiger partial charge in [0.1, 0.15) is 0 Å². The molecule has 0 unspecified atom stereocenters. The van der Waals surface area contributed by atoms with Crippen molar-refractivity contribution in [1.82, 2.24) is 0 Å². The normalized spacial score (nSPS) is 12.4. The molecule has 0 aliphatic heterocycles. The topological polar surface area (TPSA) is 38.4 Å². The van der Waals surface area contributed by atoms with Crippen LogP contribution in [-0.4, -0.2) is 6.21 Å². The Hall–Kier alpha value is -1.05. The van der Waals surface area contributed by atoms with Crippen LogP contribution in [-0.2, 0) is 0 Å². The Kier molecular flexibility index (Phi) is 3.44. The fourth-order valence-electron chi connectivity index (χ4n) is 0.282. The summed E-state index contributed by atoms with van der Waals surface area (Å²) in [5, 5.41) is 0. The fourth-order valence-corrected chi connectivity index (χ4v) is 0.282. The van der Waals surface area contributed by atoms with Gasteiger partial charge in [-0.05, 0) is 19.4 Å². The molecule has 50 valence electrons. The number of nitrogens with two attached hydrogens (primary N) is 1. The van der Waals surface area contributed by atoms with E-state index in [1.807, 2.05) is 6.92 Å².